The molecule has 0 spiro atoms. The number of ether oxygens (including phenoxy) is 1. The molecule has 3 nitrogen and oxygen atoms in total. The Labute approximate surface area is 147 Å². The lowest BCUT2D eigenvalue weighted by molar-refractivity contribution is 0.289. The highest BCUT2D eigenvalue weighted by Crippen LogP contribution is 2.47. The number of fused-ring (bicyclic) bond motifs is 3. The SMILES string of the molecule is Cc1cc2c(o1)N(c1cccc3c1OCCC3)c1ccccc1CC2. The van der Waals surface area contributed by atoms with Crippen LogP contribution in [0.5, 0.6) is 5.75 Å². The third kappa shape index (κ3) is 2.34. The van der Waals surface area contributed by atoms with Crippen molar-refractivity contribution in [2.24, 2.45) is 0 Å². The second kappa shape index (κ2) is 5.69. The number of aryl methyl sites for hydroxylation is 4. The van der Waals surface area contributed by atoms with Crippen LogP contribution in [0.15, 0.2) is 52.9 Å². The van der Waals surface area contributed by atoms with Crippen molar-refractivity contribution in [2.75, 3.05) is 11.5 Å². The fourth-order valence-electron chi connectivity index (χ4n) is 4.03. The van der Waals surface area contributed by atoms with Crippen LogP contribution in [-0.4, -0.2) is 6.61 Å². The molecule has 3 heteroatoms. The van der Waals surface area contributed by atoms with Crippen LogP contribution in [0, 0.1) is 6.92 Å². The van der Waals surface area contributed by atoms with E-state index in [1.165, 1.54) is 22.4 Å². The largest absolute Gasteiger partial charge is 0.491 e. The van der Waals surface area contributed by atoms with Crippen molar-refractivity contribution in [3.05, 3.63) is 71.0 Å². The van der Waals surface area contributed by atoms with E-state index in [0.29, 0.717) is 0 Å². The molecular formula is C22H21NO2. The van der Waals surface area contributed by atoms with Gasteiger partial charge in [-0.2, -0.15) is 0 Å². The predicted octanol–water partition coefficient (Wildman–Crippen LogP) is 5.48. The molecule has 126 valence electrons. The molecule has 3 aromatic rings. The molecule has 0 saturated heterocycles. The van der Waals surface area contributed by atoms with Crippen LogP contribution < -0.4 is 9.64 Å². The van der Waals surface area contributed by atoms with Gasteiger partial charge in [-0.15, -0.1) is 0 Å². The normalized spacial score (nSPS) is 15.6. The average Bonchev–Trinajstić information content (AvgIpc) is 2.94. The summed E-state index contributed by atoms with van der Waals surface area (Å²) >= 11 is 0. The van der Waals surface area contributed by atoms with Gasteiger partial charge in [-0.25, -0.2) is 0 Å². The van der Waals surface area contributed by atoms with Gasteiger partial charge in [-0.1, -0.05) is 30.3 Å². The van der Waals surface area contributed by atoms with Crippen molar-refractivity contribution in [3.8, 4) is 5.75 Å². The van der Waals surface area contributed by atoms with Gasteiger partial charge in [-0.05, 0) is 61.9 Å². The fraction of sp³-hybridized carbons (Fsp3) is 0.273. The van der Waals surface area contributed by atoms with Gasteiger partial charge in [0.05, 0.1) is 18.0 Å². The second-order valence-electron chi connectivity index (χ2n) is 6.87. The van der Waals surface area contributed by atoms with Gasteiger partial charge < -0.3 is 9.15 Å². The fourth-order valence-corrected chi connectivity index (χ4v) is 4.03. The number of hydrogen-bond donors (Lipinski definition) is 0. The molecule has 2 aliphatic rings. The molecule has 1 aromatic heterocycles. The summed E-state index contributed by atoms with van der Waals surface area (Å²) in [5.74, 6) is 2.90. The monoisotopic (exact) mass is 331 g/mol. The first-order chi connectivity index (χ1) is 12.3. The Hall–Kier alpha value is -2.68. The third-order valence-corrected chi connectivity index (χ3v) is 5.16. The minimum absolute atomic E-state index is 0.781. The van der Waals surface area contributed by atoms with E-state index in [2.05, 4.69) is 53.4 Å². The van der Waals surface area contributed by atoms with Crippen molar-refractivity contribution in [2.45, 2.75) is 32.6 Å². The topological polar surface area (TPSA) is 25.6 Å². The van der Waals surface area contributed by atoms with E-state index in [-0.39, 0.29) is 0 Å². The quantitative estimate of drug-likeness (QED) is 0.590. The van der Waals surface area contributed by atoms with E-state index in [0.717, 1.165) is 55.4 Å². The Morgan fingerprint density at radius 3 is 2.60 bits per heavy atom. The minimum atomic E-state index is 0.781. The molecule has 0 aliphatic carbocycles. The van der Waals surface area contributed by atoms with Gasteiger partial charge in [0.2, 0.25) is 5.88 Å². The number of para-hydroxylation sites is 2. The molecule has 25 heavy (non-hydrogen) atoms. The molecule has 0 atom stereocenters. The molecule has 2 aliphatic heterocycles. The van der Waals surface area contributed by atoms with Crippen molar-refractivity contribution in [1.82, 2.24) is 0 Å². The summed E-state index contributed by atoms with van der Waals surface area (Å²) in [4.78, 5) is 2.26. The Morgan fingerprint density at radius 2 is 1.64 bits per heavy atom. The number of anilines is 3. The standard InChI is InChI=1S/C22H21NO2/c1-15-14-18-12-11-16-6-2-3-9-19(16)23(22(18)25-15)20-10-4-7-17-8-5-13-24-21(17)20/h2-4,6-7,9-10,14H,5,8,11-13H2,1H3. The first-order valence-electron chi connectivity index (χ1n) is 9.03. The number of benzene rings is 2. The molecule has 0 N–H and O–H groups in total. The van der Waals surface area contributed by atoms with Crippen LogP contribution in [0.2, 0.25) is 0 Å². The maximum Gasteiger partial charge on any atom is 0.207 e. The van der Waals surface area contributed by atoms with E-state index < -0.39 is 0 Å². The van der Waals surface area contributed by atoms with E-state index in [9.17, 15) is 0 Å². The molecule has 3 heterocycles. The van der Waals surface area contributed by atoms with Crippen LogP contribution in [0.3, 0.4) is 0 Å². The van der Waals surface area contributed by atoms with Gasteiger partial charge in [-0.3, -0.25) is 4.90 Å². The molecule has 0 unspecified atom stereocenters. The van der Waals surface area contributed by atoms with Crippen molar-refractivity contribution in [3.63, 3.8) is 0 Å². The van der Waals surface area contributed by atoms with E-state index in [1.54, 1.807) is 0 Å². The molecular weight excluding hydrogens is 310 g/mol. The Balaban J connectivity index is 1.78. The summed E-state index contributed by atoms with van der Waals surface area (Å²) in [6.45, 7) is 2.80. The highest BCUT2D eigenvalue weighted by atomic mass is 16.5. The minimum Gasteiger partial charge on any atom is -0.491 e. The van der Waals surface area contributed by atoms with Crippen LogP contribution in [-0.2, 0) is 19.3 Å². The second-order valence-corrected chi connectivity index (χ2v) is 6.87. The van der Waals surface area contributed by atoms with Crippen molar-refractivity contribution >= 4 is 17.3 Å². The highest BCUT2D eigenvalue weighted by molar-refractivity contribution is 5.82. The zero-order chi connectivity index (χ0) is 16.8. The third-order valence-electron chi connectivity index (χ3n) is 5.16. The maximum atomic E-state index is 6.17. The first-order valence-corrected chi connectivity index (χ1v) is 9.03. The zero-order valence-electron chi connectivity index (χ0n) is 14.4. The number of furan rings is 1. The van der Waals surface area contributed by atoms with Crippen LogP contribution in [0.1, 0.15) is 28.9 Å². The summed E-state index contributed by atoms with van der Waals surface area (Å²) in [5.41, 5.74) is 6.18. The molecule has 0 bridgehead atoms. The van der Waals surface area contributed by atoms with E-state index >= 15 is 0 Å². The van der Waals surface area contributed by atoms with Gasteiger partial charge in [0, 0.05) is 5.56 Å². The highest BCUT2D eigenvalue weighted by Gasteiger charge is 2.29. The smallest absolute Gasteiger partial charge is 0.207 e. The zero-order valence-corrected chi connectivity index (χ0v) is 14.4. The lowest BCUT2D eigenvalue weighted by Gasteiger charge is -2.29. The van der Waals surface area contributed by atoms with E-state index in [4.69, 9.17) is 9.15 Å². The summed E-state index contributed by atoms with van der Waals surface area (Å²) in [7, 11) is 0. The lowest BCUT2D eigenvalue weighted by atomic mass is 10.0. The predicted molar refractivity (Wildman–Crippen MR) is 99.4 cm³/mol. The molecule has 0 radical (unpaired) electrons. The van der Waals surface area contributed by atoms with Crippen molar-refractivity contribution in [1.29, 1.82) is 0 Å². The first kappa shape index (κ1) is 14.6. The van der Waals surface area contributed by atoms with Crippen LogP contribution in [0.25, 0.3) is 0 Å². The summed E-state index contributed by atoms with van der Waals surface area (Å²) in [5, 5.41) is 0. The Kier molecular flexibility index (Phi) is 3.34. The molecule has 0 amide bonds. The summed E-state index contributed by atoms with van der Waals surface area (Å²) in [6.07, 6.45) is 4.17. The summed E-state index contributed by atoms with van der Waals surface area (Å²) < 4.78 is 12.3. The number of nitrogens with zero attached hydrogens (tertiary/aromatic N) is 1. The van der Waals surface area contributed by atoms with Gasteiger partial charge in [0.1, 0.15) is 11.5 Å². The van der Waals surface area contributed by atoms with E-state index in [1.807, 2.05) is 6.92 Å². The maximum absolute atomic E-state index is 6.17. The molecule has 2 aromatic carbocycles. The van der Waals surface area contributed by atoms with Gasteiger partial charge in [0.15, 0.2) is 0 Å². The number of hydrogen-bond acceptors (Lipinski definition) is 3. The molecule has 0 saturated carbocycles. The molecule has 0 fully saturated rings. The van der Waals surface area contributed by atoms with Gasteiger partial charge in [0.25, 0.3) is 0 Å². The van der Waals surface area contributed by atoms with Crippen LogP contribution >= 0.6 is 0 Å². The van der Waals surface area contributed by atoms with Crippen molar-refractivity contribution < 1.29 is 9.15 Å². The van der Waals surface area contributed by atoms with Crippen LogP contribution in [0.4, 0.5) is 17.3 Å². The Bertz CT molecular complexity index is 941. The average molecular weight is 331 g/mol. The summed E-state index contributed by atoms with van der Waals surface area (Å²) in [6, 6.07) is 17.2. The Morgan fingerprint density at radius 1 is 0.840 bits per heavy atom. The lowest BCUT2D eigenvalue weighted by Crippen LogP contribution is -2.16. The molecule has 5 rings (SSSR count). The van der Waals surface area contributed by atoms with Gasteiger partial charge >= 0.3 is 0 Å². The number of rotatable bonds is 1.